The lowest BCUT2D eigenvalue weighted by molar-refractivity contribution is 0.985. The number of rotatable bonds is 2. The van der Waals surface area contributed by atoms with Crippen molar-refractivity contribution in [3.8, 4) is 5.69 Å². The molecule has 0 unspecified atom stereocenters. The molecule has 0 bridgehead atoms. The summed E-state index contributed by atoms with van der Waals surface area (Å²) in [5.41, 5.74) is 4.67. The lowest BCUT2D eigenvalue weighted by atomic mass is 10.2. The van der Waals surface area contributed by atoms with E-state index in [0.717, 1.165) is 15.5 Å². The topological polar surface area (TPSA) is 17.8 Å². The van der Waals surface area contributed by atoms with Crippen LogP contribution in [-0.4, -0.2) is 9.55 Å². The van der Waals surface area contributed by atoms with Crippen molar-refractivity contribution in [2.75, 3.05) is 0 Å². The number of hydrogen-bond donors (Lipinski definition) is 0. The molecule has 2 nitrogen and oxygen atoms in total. The van der Waals surface area contributed by atoms with Crippen LogP contribution < -0.4 is 0 Å². The molecule has 2 aromatic rings. The van der Waals surface area contributed by atoms with Crippen molar-refractivity contribution < 1.29 is 0 Å². The highest BCUT2D eigenvalue weighted by atomic mass is 79.9. The van der Waals surface area contributed by atoms with Crippen LogP contribution in [0.15, 0.2) is 29.0 Å². The lowest BCUT2D eigenvalue weighted by Crippen LogP contribution is -1.99. The van der Waals surface area contributed by atoms with E-state index in [2.05, 4.69) is 66.5 Å². The SMILES string of the molecule is Cc1ncn(-c2cc(Br)ccc2CBr)c1C. The third kappa shape index (κ3) is 2.09. The predicted molar refractivity (Wildman–Crippen MR) is 73.4 cm³/mol. The average molecular weight is 344 g/mol. The molecule has 0 amide bonds. The first-order valence-corrected chi connectivity index (χ1v) is 6.90. The smallest absolute Gasteiger partial charge is 0.0997 e. The van der Waals surface area contributed by atoms with E-state index in [1.54, 1.807) is 0 Å². The van der Waals surface area contributed by atoms with Gasteiger partial charge in [-0.1, -0.05) is 37.9 Å². The van der Waals surface area contributed by atoms with Crippen LogP contribution in [0.25, 0.3) is 5.69 Å². The zero-order valence-electron chi connectivity index (χ0n) is 9.17. The largest absolute Gasteiger partial charge is 0.303 e. The molecule has 2 rings (SSSR count). The molecule has 0 atom stereocenters. The maximum absolute atomic E-state index is 4.33. The number of aryl methyl sites for hydroxylation is 1. The summed E-state index contributed by atoms with van der Waals surface area (Å²) in [6, 6.07) is 6.28. The van der Waals surface area contributed by atoms with Crippen LogP contribution in [-0.2, 0) is 5.33 Å². The minimum atomic E-state index is 0.840. The Morgan fingerprint density at radius 2 is 2.06 bits per heavy atom. The van der Waals surface area contributed by atoms with Gasteiger partial charge >= 0.3 is 0 Å². The van der Waals surface area contributed by atoms with Crippen LogP contribution in [0, 0.1) is 13.8 Å². The Bertz CT molecular complexity index is 518. The minimum Gasteiger partial charge on any atom is -0.303 e. The summed E-state index contributed by atoms with van der Waals surface area (Å²) in [6.07, 6.45) is 1.87. The number of aromatic nitrogens is 2. The highest BCUT2D eigenvalue weighted by molar-refractivity contribution is 9.10. The van der Waals surface area contributed by atoms with E-state index in [0.29, 0.717) is 0 Å². The standard InChI is InChI=1S/C12H12Br2N2/c1-8-9(2)16(7-15-8)12-5-11(14)4-3-10(12)6-13/h3-5,7H,6H2,1-2H3. The van der Waals surface area contributed by atoms with Crippen molar-refractivity contribution in [3.05, 3.63) is 46.0 Å². The monoisotopic (exact) mass is 342 g/mol. The van der Waals surface area contributed by atoms with Gasteiger partial charge in [0.15, 0.2) is 0 Å². The van der Waals surface area contributed by atoms with Crippen molar-refractivity contribution in [3.63, 3.8) is 0 Å². The molecule has 0 saturated heterocycles. The van der Waals surface area contributed by atoms with Crippen LogP contribution in [0.3, 0.4) is 0 Å². The molecule has 1 aromatic heterocycles. The van der Waals surface area contributed by atoms with Crippen molar-refractivity contribution in [2.24, 2.45) is 0 Å². The Morgan fingerprint density at radius 3 is 2.62 bits per heavy atom. The van der Waals surface area contributed by atoms with Crippen LogP contribution in [0.2, 0.25) is 0 Å². The molecule has 0 spiro atoms. The third-order valence-corrected chi connectivity index (χ3v) is 3.80. The van der Waals surface area contributed by atoms with Crippen molar-refractivity contribution in [1.82, 2.24) is 9.55 Å². The maximum atomic E-state index is 4.33. The van der Waals surface area contributed by atoms with Crippen molar-refractivity contribution in [1.29, 1.82) is 0 Å². The molecular formula is C12H12Br2N2. The van der Waals surface area contributed by atoms with Gasteiger partial charge < -0.3 is 4.57 Å². The number of halogens is 2. The lowest BCUT2D eigenvalue weighted by Gasteiger charge is -2.11. The third-order valence-electron chi connectivity index (χ3n) is 2.70. The Kier molecular flexibility index (Phi) is 3.50. The fraction of sp³-hybridized carbons (Fsp3) is 0.250. The molecule has 0 saturated carbocycles. The van der Waals surface area contributed by atoms with E-state index in [9.17, 15) is 0 Å². The molecule has 0 aliphatic heterocycles. The molecule has 84 valence electrons. The van der Waals surface area contributed by atoms with Gasteiger partial charge in [0.1, 0.15) is 0 Å². The Morgan fingerprint density at radius 1 is 1.31 bits per heavy atom. The maximum Gasteiger partial charge on any atom is 0.0997 e. The molecule has 16 heavy (non-hydrogen) atoms. The highest BCUT2D eigenvalue weighted by Gasteiger charge is 2.08. The van der Waals surface area contributed by atoms with Crippen molar-refractivity contribution >= 4 is 31.9 Å². The molecule has 4 heteroatoms. The van der Waals surface area contributed by atoms with E-state index < -0.39 is 0 Å². The summed E-state index contributed by atoms with van der Waals surface area (Å²) in [5.74, 6) is 0. The summed E-state index contributed by atoms with van der Waals surface area (Å²) >= 11 is 7.02. The van der Waals surface area contributed by atoms with Gasteiger partial charge in [-0.2, -0.15) is 0 Å². The second-order valence-electron chi connectivity index (χ2n) is 3.69. The predicted octanol–water partition coefficient (Wildman–Crippen LogP) is 4.15. The molecule has 1 aromatic carbocycles. The zero-order chi connectivity index (χ0) is 11.7. The van der Waals surface area contributed by atoms with Gasteiger partial charge in [-0.05, 0) is 31.5 Å². The fourth-order valence-corrected chi connectivity index (χ4v) is 2.44. The fourth-order valence-electron chi connectivity index (χ4n) is 1.62. The molecule has 0 aliphatic rings. The number of hydrogen-bond acceptors (Lipinski definition) is 1. The second-order valence-corrected chi connectivity index (χ2v) is 5.17. The Balaban J connectivity index is 2.62. The molecule has 0 aliphatic carbocycles. The van der Waals surface area contributed by atoms with Crippen molar-refractivity contribution in [2.45, 2.75) is 19.2 Å². The summed E-state index contributed by atoms with van der Waals surface area (Å²) < 4.78 is 3.20. The first-order chi connectivity index (χ1) is 7.63. The van der Waals surface area contributed by atoms with Gasteiger partial charge in [-0.25, -0.2) is 4.98 Å². The summed E-state index contributed by atoms with van der Waals surface area (Å²) in [6.45, 7) is 4.11. The van der Waals surface area contributed by atoms with Gasteiger partial charge in [-0.15, -0.1) is 0 Å². The van der Waals surface area contributed by atoms with Gasteiger partial charge in [0.05, 0.1) is 17.7 Å². The normalized spacial score (nSPS) is 10.8. The number of imidazole rings is 1. The van der Waals surface area contributed by atoms with Crippen LogP contribution in [0.5, 0.6) is 0 Å². The van der Waals surface area contributed by atoms with Gasteiger partial charge in [0, 0.05) is 15.5 Å². The summed E-state index contributed by atoms with van der Waals surface area (Å²) in [4.78, 5) is 4.33. The molecular weight excluding hydrogens is 332 g/mol. The zero-order valence-corrected chi connectivity index (χ0v) is 12.3. The number of benzene rings is 1. The molecule has 1 heterocycles. The number of nitrogens with zero attached hydrogens (tertiary/aromatic N) is 2. The van der Waals surface area contributed by atoms with E-state index in [-0.39, 0.29) is 0 Å². The number of alkyl halides is 1. The highest BCUT2D eigenvalue weighted by Crippen LogP contribution is 2.24. The average Bonchev–Trinajstić information content (AvgIpc) is 2.60. The Labute approximate surface area is 112 Å². The van der Waals surface area contributed by atoms with Crippen LogP contribution in [0.1, 0.15) is 17.0 Å². The molecule has 0 radical (unpaired) electrons. The van der Waals surface area contributed by atoms with E-state index in [4.69, 9.17) is 0 Å². The van der Waals surface area contributed by atoms with Gasteiger partial charge in [0.2, 0.25) is 0 Å². The van der Waals surface area contributed by atoms with Crippen LogP contribution >= 0.6 is 31.9 Å². The van der Waals surface area contributed by atoms with Gasteiger partial charge in [-0.3, -0.25) is 0 Å². The first kappa shape index (κ1) is 11.9. The first-order valence-electron chi connectivity index (χ1n) is 4.99. The summed E-state index contributed by atoms with van der Waals surface area (Å²) in [7, 11) is 0. The Hall–Kier alpha value is -0.610. The second kappa shape index (κ2) is 4.72. The van der Waals surface area contributed by atoms with E-state index in [1.165, 1.54) is 16.9 Å². The minimum absolute atomic E-state index is 0.840. The molecule has 0 fully saturated rings. The molecule has 0 N–H and O–H groups in total. The summed E-state index contributed by atoms with van der Waals surface area (Å²) in [5, 5.41) is 0.840. The van der Waals surface area contributed by atoms with E-state index in [1.807, 2.05) is 13.3 Å². The quantitative estimate of drug-likeness (QED) is 0.749. The van der Waals surface area contributed by atoms with E-state index >= 15 is 0 Å². The van der Waals surface area contributed by atoms with Gasteiger partial charge in [0.25, 0.3) is 0 Å². The van der Waals surface area contributed by atoms with Crippen LogP contribution in [0.4, 0.5) is 0 Å².